The first-order valence-electron chi connectivity index (χ1n) is 10.3. The largest absolute Gasteiger partial charge is 0.391 e. The Kier molecular flexibility index (Phi) is 6.34. The number of rotatable bonds is 7. The number of nitrogens with zero attached hydrogens (tertiary/aromatic N) is 3. The van der Waals surface area contributed by atoms with Gasteiger partial charge in [-0.25, -0.2) is 14.4 Å². The lowest BCUT2D eigenvalue weighted by Crippen LogP contribution is -2.33. The summed E-state index contributed by atoms with van der Waals surface area (Å²) in [5, 5.41) is 10.0. The predicted molar refractivity (Wildman–Crippen MR) is 113 cm³/mol. The normalized spacial score (nSPS) is 16.1. The fraction of sp³-hybridized carbons (Fsp3) is 0.455. The number of benzene rings is 1. The standard InChI is InChI=1S/C22H24FN3O3S/c23-15-6-7-18-17(9-15)22(29)26(13-25-18)19(8-14-4-2-1-3-5-14)20(28)10-21-24-11-16(12-27)30-21/h6-7,9,11,13-14,19,27H,1-5,8,10,12H2. The minimum absolute atomic E-state index is 0.0929. The summed E-state index contributed by atoms with van der Waals surface area (Å²) < 4.78 is 15.1. The van der Waals surface area contributed by atoms with Gasteiger partial charge in [-0.1, -0.05) is 32.1 Å². The number of hydrogen-bond acceptors (Lipinski definition) is 6. The molecule has 1 saturated carbocycles. The van der Waals surface area contributed by atoms with Crippen molar-refractivity contribution in [1.82, 2.24) is 14.5 Å². The molecule has 1 aliphatic carbocycles. The summed E-state index contributed by atoms with van der Waals surface area (Å²) in [6.07, 6.45) is 9.19. The van der Waals surface area contributed by atoms with E-state index < -0.39 is 17.4 Å². The zero-order valence-electron chi connectivity index (χ0n) is 16.6. The second-order valence-corrected chi connectivity index (χ2v) is 9.10. The number of aliphatic hydroxyl groups is 1. The molecule has 0 saturated heterocycles. The summed E-state index contributed by atoms with van der Waals surface area (Å²) in [6, 6.07) is 3.26. The molecular formula is C22H24FN3O3S. The van der Waals surface area contributed by atoms with Crippen LogP contribution in [0.2, 0.25) is 0 Å². The lowest BCUT2D eigenvalue weighted by Gasteiger charge is -2.27. The highest BCUT2D eigenvalue weighted by molar-refractivity contribution is 7.11. The Hall–Kier alpha value is -2.45. The molecule has 1 unspecified atom stereocenters. The Morgan fingerprint density at radius 2 is 2.07 bits per heavy atom. The number of fused-ring (bicyclic) bond motifs is 1. The number of carbonyl (C=O) groups excluding carboxylic acids is 1. The first-order chi connectivity index (χ1) is 14.5. The highest BCUT2D eigenvalue weighted by Crippen LogP contribution is 2.31. The average molecular weight is 430 g/mol. The van der Waals surface area contributed by atoms with Gasteiger partial charge in [0, 0.05) is 6.20 Å². The fourth-order valence-corrected chi connectivity index (χ4v) is 5.03. The van der Waals surface area contributed by atoms with Crippen molar-refractivity contribution < 1.29 is 14.3 Å². The number of aliphatic hydroxyl groups excluding tert-OH is 1. The van der Waals surface area contributed by atoms with Gasteiger partial charge in [-0.2, -0.15) is 0 Å². The third kappa shape index (κ3) is 4.49. The molecule has 4 rings (SSSR count). The highest BCUT2D eigenvalue weighted by atomic mass is 32.1. The van der Waals surface area contributed by atoms with Crippen LogP contribution in [0.5, 0.6) is 0 Å². The van der Waals surface area contributed by atoms with Crippen LogP contribution in [0.25, 0.3) is 10.9 Å². The molecule has 0 bridgehead atoms. The lowest BCUT2D eigenvalue weighted by atomic mass is 9.83. The Morgan fingerprint density at radius 1 is 1.27 bits per heavy atom. The molecule has 1 N–H and O–H groups in total. The molecule has 3 aromatic rings. The molecule has 0 amide bonds. The van der Waals surface area contributed by atoms with Crippen LogP contribution < -0.4 is 5.56 Å². The van der Waals surface area contributed by atoms with Gasteiger partial charge in [0.1, 0.15) is 10.8 Å². The van der Waals surface area contributed by atoms with E-state index in [0.717, 1.165) is 25.7 Å². The highest BCUT2D eigenvalue weighted by Gasteiger charge is 2.28. The van der Waals surface area contributed by atoms with Crippen LogP contribution in [0, 0.1) is 11.7 Å². The Morgan fingerprint density at radius 3 is 2.80 bits per heavy atom. The second-order valence-electron chi connectivity index (χ2n) is 7.90. The van der Waals surface area contributed by atoms with E-state index in [1.54, 1.807) is 6.20 Å². The van der Waals surface area contributed by atoms with E-state index in [4.69, 9.17) is 0 Å². The van der Waals surface area contributed by atoms with Gasteiger partial charge in [-0.3, -0.25) is 14.2 Å². The van der Waals surface area contributed by atoms with Crippen molar-refractivity contribution in [1.29, 1.82) is 0 Å². The molecule has 30 heavy (non-hydrogen) atoms. The van der Waals surface area contributed by atoms with Gasteiger partial charge in [0.15, 0.2) is 5.78 Å². The Bertz CT molecular complexity index is 1100. The molecule has 1 atom stereocenters. The van der Waals surface area contributed by atoms with Gasteiger partial charge >= 0.3 is 0 Å². The van der Waals surface area contributed by atoms with E-state index in [1.165, 1.54) is 46.9 Å². The van der Waals surface area contributed by atoms with Crippen molar-refractivity contribution in [3.05, 3.63) is 56.8 Å². The quantitative estimate of drug-likeness (QED) is 0.617. The molecule has 1 aromatic carbocycles. The van der Waals surface area contributed by atoms with Crippen LogP contribution in [0.4, 0.5) is 4.39 Å². The fourth-order valence-electron chi connectivity index (χ4n) is 4.24. The number of aromatic nitrogens is 3. The van der Waals surface area contributed by atoms with Crippen LogP contribution in [0.3, 0.4) is 0 Å². The summed E-state index contributed by atoms with van der Waals surface area (Å²) >= 11 is 1.29. The van der Waals surface area contributed by atoms with E-state index in [2.05, 4.69) is 9.97 Å². The third-order valence-electron chi connectivity index (χ3n) is 5.82. The summed E-state index contributed by atoms with van der Waals surface area (Å²) in [4.78, 5) is 35.6. The van der Waals surface area contributed by atoms with Crippen molar-refractivity contribution in [2.45, 2.75) is 57.6 Å². The number of thiazole rings is 1. The van der Waals surface area contributed by atoms with Crippen molar-refractivity contribution in [2.24, 2.45) is 5.92 Å². The molecular weight excluding hydrogens is 405 g/mol. The molecule has 2 heterocycles. The SMILES string of the molecule is O=C(Cc1ncc(CO)s1)C(CC1CCCCC1)n1cnc2ccc(F)cc2c1=O. The summed E-state index contributed by atoms with van der Waals surface area (Å²) in [7, 11) is 0. The van der Waals surface area contributed by atoms with Crippen LogP contribution >= 0.6 is 11.3 Å². The minimum atomic E-state index is -0.665. The van der Waals surface area contributed by atoms with Crippen LogP contribution in [-0.2, 0) is 17.8 Å². The van der Waals surface area contributed by atoms with Gasteiger partial charge in [0.25, 0.3) is 5.56 Å². The molecule has 1 aliphatic rings. The third-order valence-corrected chi connectivity index (χ3v) is 6.80. The predicted octanol–water partition coefficient (Wildman–Crippen LogP) is 3.81. The second kappa shape index (κ2) is 9.14. The van der Waals surface area contributed by atoms with Crippen molar-refractivity contribution in [2.75, 3.05) is 0 Å². The molecule has 0 spiro atoms. The minimum Gasteiger partial charge on any atom is -0.391 e. The summed E-state index contributed by atoms with van der Waals surface area (Å²) in [5.74, 6) is -0.250. The summed E-state index contributed by atoms with van der Waals surface area (Å²) in [6.45, 7) is -0.114. The maximum absolute atomic E-state index is 13.7. The van der Waals surface area contributed by atoms with Crippen molar-refractivity contribution in [3.63, 3.8) is 0 Å². The number of carbonyl (C=O) groups is 1. The molecule has 0 radical (unpaired) electrons. The number of Topliss-reactive ketones (excluding diaryl/α,β-unsaturated/α-hetero) is 1. The van der Waals surface area contributed by atoms with E-state index in [-0.39, 0.29) is 24.2 Å². The summed E-state index contributed by atoms with van der Waals surface area (Å²) in [5.41, 5.74) is 0.0119. The van der Waals surface area contributed by atoms with E-state index >= 15 is 0 Å². The first-order valence-corrected chi connectivity index (χ1v) is 11.1. The van der Waals surface area contributed by atoms with Crippen molar-refractivity contribution >= 4 is 28.0 Å². The van der Waals surface area contributed by atoms with Gasteiger partial charge in [0.05, 0.1) is 41.2 Å². The van der Waals surface area contributed by atoms with Gasteiger partial charge in [0.2, 0.25) is 0 Å². The Balaban J connectivity index is 1.69. The monoisotopic (exact) mass is 429 g/mol. The van der Waals surface area contributed by atoms with Gasteiger partial charge in [-0.05, 0) is 30.5 Å². The molecule has 0 aliphatic heterocycles. The lowest BCUT2D eigenvalue weighted by molar-refractivity contribution is -0.122. The average Bonchev–Trinajstić information content (AvgIpc) is 3.21. The molecule has 1 fully saturated rings. The Labute approximate surface area is 177 Å². The number of halogens is 1. The molecule has 158 valence electrons. The van der Waals surface area contributed by atoms with Crippen LogP contribution in [0.1, 0.15) is 54.5 Å². The first kappa shape index (κ1) is 20.8. The zero-order valence-corrected chi connectivity index (χ0v) is 17.4. The van der Waals surface area contributed by atoms with Crippen LogP contribution in [0.15, 0.2) is 35.5 Å². The van der Waals surface area contributed by atoms with E-state index in [9.17, 15) is 19.1 Å². The van der Waals surface area contributed by atoms with E-state index in [0.29, 0.717) is 27.7 Å². The number of hydrogen-bond donors (Lipinski definition) is 1. The molecule has 8 heteroatoms. The van der Waals surface area contributed by atoms with E-state index in [1.807, 2.05) is 0 Å². The maximum Gasteiger partial charge on any atom is 0.261 e. The molecule has 2 aromatic heterocycles. The van der Waals surface area contributed by atoms with Crippen molar-refractivity contribution in [3.8, 4) is 0 Å². The number of ketones is 1. The maximum atomic E-state index is 13.7. The molecule has 6 nitrogen and oxygen atoms in total. The van der Waals surface area contributed by atoms with Gasteiger partial charge < -0.3 is 5.11 Å². The zero-order chi connectivity index (χ0) is 21.1. The smallest absolute Gasteiger partial charge is 0.261 e. The van der Waals surface area contributed by atoms with Crippen LogP contribution in [-0.4, -0.2) is 25.4 Å². The van der Waals surface area contributed by atoms with Gasteiger partial charge in [-0.15, -0.1) is 11.3 Å². The topological polar surface area (TPSA) is 85.1 Å².